The first-order chi connectivity index (χ1) is 13.5. The number of ether oxygens (including phenoxy) is 1. The molecule has 0 bridgehead atoms. The van der Waals surface area contributed by atoms with Gasteiger partial charge in [-0.1, -0.05) is 6.92 Å². The molecular weight excluding hydrogens is 360 g/mol. The van der Waals surface area contributed by atoms with Crippen LogP contribution in [0.15, 0.2) is 24.3 Å². The maximum atomic E-state index is 12.6. The van der Waals surface area contributed by atoms with Gasteiger partial charge in [-0.05, 0) is 55.9 Å². The van der Waals surface area contributed by atoms with Gasteiger partial charge >= 0.3 is 5.97 Å². The first-order valence-electron chi connectivity index (χ1n) is 9.96. The number of carboxylic acids is 1. The molecule has 1 atom stereocenters. The summed E-state index contributed by atoms with van der Waals surface area (Å²) in [5.74, 6) is -1.01. The highest BCUT2D eigenvalue weighted by Gasteiger charge is 2.28. The van der Waals surface area contributed by atoms with Crippen molar-refractivity contribution in [2.75, 3.05) is 31.6 Å². The van der Waals surface area contributed by atoms with Crippen LogP contribution >= 0.6 is 0 Å². The van der Waals surface area contributed by atoms with E-state index in [9.17, 15) is 14.4 Å². The Labute approximate surface area is 165 Å². The maximum Gasteiger partial charge on any atom is 0.306 e. The summed E-state index contributed by atoms with van der Waals surface area (Å²) >= 11 is 0. The van der Waals surface area contributed by atoms with Gasteiger partial charge in [0.1, 0.15) is 0 Å². The van der Waals surface area contributed by atoms with Crippen molar-refractivity contribution in [3.05, 3.63) is 29.8 Å². The van der Waals surface area contributed by atoms with Crippen molar-refractivity contribution >= 4 is 23.5 Å². The smallest absolute Gasteiger partial charge is 0.306 e. The van der Waals surface area contributed by atoms with Gasteiger partial charge in [-0.25, -0.2) is 0 Å². The molecule has 3 rings (SSSR count). The van der Waals surface area contributed by atoms with Gasteiger partial charge in [0.15, 0.2) is 0 Å². The number of carbonyl (C=O) groups is 3. The molecule has 152 valence electrons. The van der Waals surface area contributed by atoms with Crippen molar-refractivity contribution in [1.82, 2.24) is 4.90 Å². The molecule has 2 saturated heterocycles. The van der Waals surface area contributed by atoms with Crippen LogP contribution in [0.3, 0.4) is 0 Å². The molecule has 7 nitrogen and oxygen atoms in total. The van der Waals surface area contributed by atoms with E-state index in [-0.39, 0.29) is 23.7 Å². The predicted octanol–water partition coefficient (Wildman–Crippen LogP) is 2.62. The van der Waals surface area contributed by atoms with Gasteiger partial charge in [-0.2, -0.15) is 0 Å². The molecule has 2 aliphatic rings. The van der Waals surface area contributed by atoms with Gasteiger partial charge in [0, 0.05) is 43.5 Å². The molecule has 0 aromatic heterocycles. The number of nitrogens with zero attached hydrogens (tertiary/aromatic N) is 1. The van der Waals surface area contributed by atoms with Gasteiger partial charge in [-0.3, -0.25) is 14.4 Å². The zero-order valence-corrected chi connectivity index (χ0v) is 16.2. The Morgan fingerprint density at radius 1 is 1.07 bits per heavy atom. The fourth-order valence-electron chi connectivity index (χ4n) is 3.89. The molecule has 2 N–H and O–H groups in total. The van der Waals surface area contributed by atoms with Gasteiger partial charge in [0.25, 0.3) is 5.91 Å². The van der Waals surface area contributed by atoms with E-state index in [1.54, 1.807) is 29.2 Å². The zero-order valence-electron chi connectivity index (χ0n) is 16.2. The van der Waals surface area contributed by atoms with Crippen molar-refractivity contribution in [3.8, 4) is 0 Å². The molecule has 2 heterocycles. The molecule has 0 aliphatic carbocycles. The van der Waals surface area contributed by atoms with E-state index in [0.29, 0.717) is 56.3 Å². The minimum Gasteiger partial charge on any atom is -0.481 e. The lowest BCUT2D eigenvalue weighted by Gasteiger charge is -2.30. The summed E-state index contributed by atoms with van der Waals surface area (Å²) in [6.45, 7) is 4.28. The molecule has 2 amide bonds. The second-order valence-electron chi connectivity index (χ2n) is 7.71. The number of aliphatic carboxylic acids is 1. The van der Waals surface area contributed by atoms with Crippen LogP contribution in [0.5, 0.6) is 0 Å². The number of rotatable bonds is 5. The van der Waals surface area contributed by atoms with E-state index < -0.39 is 5.97 Å². The van der Waals surface area contributed by atoms with E-state index in [1.807, 2.05) is 6.92 Å². The van der Waals surface area contributed by atoms with E-state index in [1.165, 1.54) is 0 Å². The van der Waals surface area contributed by atoms with Gasteiger partial charge in [0.2, 0.25) is 5.91 Å². The summed E-state index contributed by atoms with van der Waals surface area (Å²) in [5, 5.41) is 12.0. The minimum atomic E-state index is -0.790. The molecule has 2 fully saturated rings. The van der Waals surface area contributed by atoms with E-state index in [0.717, 1.165) is 12.8 Å². The largest absolute Gasteiger partial charge is 0.481 e. The molecule has 2 aliphatic heterocycles. The third kappa shape index (κ3) is 4.90. The predicted molar refractivity (Wildman–Crippen MR) is 104 cm³/mol. The number of carboxylic acid groups (broad SMARTS) is 1. The van der Waals surface area contributed by atoms with Crippen molar-refractivity contribution in [3.63, 3.8) is 0 Å². The number of nitrogens with one attached hydrogen (secondary N) is 1. The fraction of sp³-hybridized carbons (Fsp3) is 0.571. The van der Waals surface area contributed by atoms with Gasteiger partial charge in [0.05, 0.1) is 5.92 Å². The van der Waals surface area contributed by atoms with Crippen molar-refractivity contribution in [2.45, 2.75) is 32.6 Å². The quantitative estimate of drug-likeness (QED) is 0.808. The number of benzene rings is 1. The second-order valence-corrected chi connectivity index (χ2v) is 7.71. The third-order valence-corrected chi connectivity index (χ3v) is 5.92. The second kappa shape index (κ2) is 9.19. The number of hydrogen-bond acceptors (Lipinski definition) is 4. The zero-order chi connectivity index (χ0) is 20.1. The van der Waals surface area contributed by atoms with Crippen LogP contribution in [0.4, 0.5) is 5.69 Å². The average molecular weight is 388 g/mol. The van der Waals surface area contributed by atoms with Gasteiger partial charge in [-0.15, -0.1) is 0 Å². The Balaban J connectivity index is 1.53. The van der Waals surface area contributed by atoms with Crippen LogP contribution in [-0.2, 0) is 14.3 Å². The topological polar surface area (TPSA) is 95.9 Å². The molecule has 0 radical (unpaired) electrons. The molecule has 1 aromatic rings. The molecule has 7 heteroatoms. The van der Waals surface area contributed by atoms with E-state index in [2.05, 4.69) is 5.32 Å². The lowest BCUT2D eigenvalue weighted by molar-refractivity contribution is -0.143. The summed E-state index contributed by atoms with van der Waals surface area (Å²) in [6.07, 6.45) is 2.78. The standard InChI is InChI=1S/C21H28N2O5/c1-14(15-8-12-28-13-9-15)19(24)22-18-4-2-16(3-5-18)20(25)23-10-6-17(7-11-23)21(26)27/h2-5,14-15,17H,6-13H2,1H3,(H,22,24)(H,26,27). The summed E-state index contributed by atoms with van der Waals surface area (Å²) in [6, 6.07) is 6.90. The number of piperidine rings is 1. The lowest BCUT2D eigenvalue weighted by Crippen LogP contribution is -2.40. The van der Waals surface area contributed by atoms with E-state index >= 15 is 0 Å². The first-order valence-corrected chi connectivity index (χ1v) is 9.96. The molecule has 0 spiro atoms. The number of carbonyl (C=O) groups excluding carboxylic acids is 2. The minimum absolute atomic E-state index is 0.0123. The third-order valence-electron chi connectivity index (χ3n) is 5.92. The average Bonchev–Trinajstić information content (AvgIpc) is 2.74. The van der Waals surface area contributed by atoms with Crippen molar-refractivity contribution in [1.29, 1.82) is 0 Å². The Hall–Kier alpha value is -2.41. The Morgan fingerprint density at radius 2 is 1.68 bits per heavy atom. The Bertz CT molecular complexity index is 704. The van der Waals surface area contributed by atoms with Crippen LogP contribution in [0.25, 0.3) is 0 Å². The summed E-state index contributed by atoms with van der Waals surface area (Å²) in [7, 11) is 0. The molecular formula is C21H28N2O5. The van der Waals surface area contributed by atoms with E-state index in [4.69, 9.17) is 9.84 Å². The van der Waals surface area contributed by atoms with Crippen molar-refractivity contribution in [2.24, 2.45) is 17.8 Å². The maximum absolute atomic E-state index is 12.6. The lowest BCUT2D eigenvalue weighted by atomic mass is 9.87. The highest BCUT2D eigenvalue weighted by Crippen LogP contribution is 2.25. The molecule has 1 unspecified atom stereocenters. The number of hydrogen-bond donors (Lipinski definition) is 2. The van der Waals surface area contributed by atoms with Crippen molar-refractivity contribution < 1.29 is 24.2 Å². The summed E-state index contributed by atoms with van der Waals surface area (Å²) in [4.78, 5) is 37.8. The normalized spacial score (nSPS) is 19.8. The van der Waals surface area contributed by atoms with Crippen LogP contribution in [0.1, 0.15) is 43.0 Å². The SMILES string of the molecule is CC(C(=O)Nc1ccc(C(=O)N2CCC(C(=O)O)CC2)cc1)C1CCOCC1. The fourth-order valence-corrected chi connectivity index (χ4v) is 3.89. The monoisotopic (exact) mass is 388 g/mol. The molecule has 28 heavy (non-hydrogen) atoms. The molecule has 1 aromatic carbocycles. The van der Waals surface area contributed by atoms with Crippen LogP contribution < -0.4 is 5.32 Å². The Kier molecular flexibility index (Phi) is 6.67. The van der Waals surface area contributed by atoms with Crippen LogP contribution in [-0.4, -0.2) is 54.1 Å². The summed E-state index contributed by atoms with van der Waals surface area (Å²) < 4.78 is 5.35. The van der Waals surface area contributed by atoms with Crippen LogP contribution in [0.2, 0.25) is 0 Å². The first kappa shape index (κ1) is 20.3. The Morgan fingerprint density at radius 3 is 2.25 bits per heavy atom. The summed E-state index contributed by atoms with van der Waals surface area (Å²) in [5.41, 5.74) is 1.22. The van der Waals surface area contributed by atoms with Crippen LogP contribution in [0, 0.1) is 17.8 Å². The number of anilines is 1. The van der Waals surface area contributed by atoms with Gasteiger partial charge < -0.3 is 20.1 Å². The highest BCUT2D eigenvalue weighted by molar-refractivity contribution is 5.96. The number of amides is 2. The number of likely N-dealkylation sites (tertiary alicyclic amines) is 1. The molecule has 0 saturated carbocycles. The highest BCUT2D eigenvalue weighted by atomic mass is 16.5.